The Bertz CT molecular complexity index is 5180. The molecule has 1 heterocycles. The molecule has 0 saturated carbocycles. The number of rotatable bonds is 9. The molecule has 0 atom stereocenters. The molecule has 0 aliphatic heterocycles. The Balaban J connectivity index is 1.01. The van der Waals surface area contributed by atoms with Gasteiger partial charge in [-0.3, -0.25) is 0 Å². The van der Waals surface area contributed by atoms with Crippen molar-refractivity contribution in [1.82, 2.24) is 4.57 Å². The fourth-order valence-corrected chi connectivity index (χ4v) is 15.9. The van der Waals surface area contributed by atoms with Gasteiger partial charge in [0, 0.05) is 61.1 Å². The fraction of sp³-hybridized carbons (Fsp3) is 0.106. The van der Waals surface area contributed by atoms with Gasteiger partial charge in [0.2, 0.25) is 0 Å². The van der Waals surface area contributed by atoms with Gasteiger partial charge in [0.1, 0.15) is 0 Å². The van der Waals surface area contributed by atoms with Crippen molar-refractivity contribution in [1.29, 1.82) is 0 Å². The van der Waals surface area contributed by atoms with Crippen LogP contribution in [0.4, 0.5) is 34.1 Å². The first-order chi connectivity index (χ1) is 42.9. The number of nitrogens with zero attached hydrogens (tertiary/aromatic N) is 3. The Hall–Kier alpha value is -10.5. The van der Waals surface area contributed by atoms with E-state index in [2.05, 4.69) is 341 Å². The van der Waals surface area contributed by atoms with Crippen molar-refractivity contribution in [2.45, 2.75) is 57.8 Å². The maximum atomic E-state index is 2.62. The van der Waals surface area contributed by atoms with Crippen LogP contribution in [0.1, 0.15) is 74.9 Å². The van der Waals surface area contributed by atoms with Crippen molar-refractivity contribution in [3.8, 4) is 61.3 Å². The van der Waals surface area contributed by atoms with Crippen molar-refractivity contribution >= 4 is 66.7 Å². The summed E-state index contributed by atoms with van der Waals surface area (Å²) in [5, 5.41) is 4.88. The van der Waals surface area contributed by atoms with Crippen molar-refractivity contribution in [2.75, 3.05) is 9.80 Å². The zero-order valence-electron chi connectivity index (χ0n) is 50.5. The molecule has 13 aromatic carbocycles. The third kappa shape index (κ3) is 7.63. The number of aromatic nitrogens is 1. The summed E-state index contributed by atoms with van der Waals surface area (Å²) in [4.78, 5) is 5.11. The molecule has 3 heteroatoms. The molecule has 0 saturated heterocycles. The van der Waals surface area contributed by atoms with E-state index in [1.54, 1.807) is 0 Å². The molecule has 3 aliphatic rings. The largest absolute Gasteiger partial charge is 0.310 e. The van der Waals surface area contributed by atoms with Crippen molar-refractivity contribution in [3.63, 3.8) is 0 Å². The Kier molecular flexibility index (Phi) is 11.4. The molecule has 0 unspecified atom stereocenters. The molecule has 420 valence electrons. The van der Waals surface area contributed by atoms with Crippen LogP contribution < -0.4 is 9.80 Å². The first-order valence-electron chi connectivity index (χ1n) is 31.1. The van der Waals surface area contributed by atoms with Crippen LogP contribution in [-0.4, -0.2) is 4.57 Å². The first kappa shape index (κ1) is 51.9. The summed E-state index contributed by atoms with van der Waals surface area (Å²) in [7, 11) is 0. The Morgan fingerprint density at radius 1 is 0.284 bits per heavy atom. The van der Waals surface area contributed by atoms with Gasteiger partial charge in [-0.1, -0.05) is 248 Å². The van der Waals surface area contributed by atoms with Crippen molar-refractivity contribution in [2.24, 2.45) is 0 Å². The van der Waals surface area contributed by atoms with Gasteiger partial charge >= 0.3 is 0 Å². The van der Waals surface area contributed by atoms with Crippen LogP contribution in [-0.2, 0) is 16.2 Å². The minimum absolute atomic E-state index is 0.134. The third-order valence-corrected chi connectivity index (χ3v) is 20.1. The normalized spacial score (nSPS) is 14.3. The van der Waals surface area contributed by atoms with Crippen LogP contribution in [0, 0.1) is 0 Å². The molecule has 0 fully saturated rings. The van der Waals surface area contributed by atoms with Crippen LogP contribution in [0.2, 0.25) is 0 Å². The molecule has 0 radical (unpaired) electrons. The van der Waals surface area contributed by atoms with Gasteiger partial charge in [0.25, 0.3) is 0 Å². The number of fused-ring (bicyclic) bond motifs is 14. The van der Waals surface area contributed by atoms with Gasteiger partial charge in [-0.05, 0) is 179 Å². The molecule has 14 aromatic rings. The average Bonchev–Trinajstić information content (AvgIpc) is 1.53. The van der Waals surface area contributed by atoms with E-state index in [-0.39, 0.29) is 10.8 Å². The Morgan fingerprint density at radius 2 is 0.773 bits per heavy atom. The minimum atomic E-state index is -0.417. The van der Waals surface area contributed by atoms with E-state index in [9.17, 15) is 0 Å². The maximum Gasteiger partial charge on any atom is 0.0609 e. The number of para-hydroxylation sites is 1. The van der Waals surface area contributed by atoms with Crippen LogP contribution in [0.5, 0.6) is 0 Å². The Morgan fingerprint density at radius 3 is 1.43 bits per heavy atom. The van der Waals surface area contributed by atoms with Gasteiger partial charge in [-0.2, -0.15) is 0 Å². The second kappa shape index (κ2) is 19.3. The molecular formula is C85H65N3. The standard InChI is InChI=1S/C85H65N3/c1-83(2)72-38-20-18-36-66(72)69-50-62(42-46-74(69)83)86(60-33-22-29-57(48-60)54-24-10-7-11-25-54)64-41-44-68-77(52-64)88(61-34-23-30-58(49-61)55-26-12-8-13-27-55)78-53-71-79-65-35-17-16-28-56(65)40-45-76(79)85(5,6)81(71)82(80(68)78)87(59-31-14-9-15-32-59)63-43-47-75-70(51-63)67-37-19-21-39-73(67)84(75,3)4/h7-53H,1-6H3. The second-order valence-corrected chi connectivity index (χ2v) is 26.1. The van der Waals surface area contributed by atoms with Gasteiger partial charge in [-0.25, -0.2) is 0 Å². The lowest BCUT2D eigenvalue weighted by atomic mass is 9.80. The van der Waals surface area contributed by atoms with Crippen LogP contribution >= 0.6 is 0 Å². The van der Waals surface area contributed by atoms with Gasteiger partial charge in [-0.15, -0.1) is 0 Å². The molecule has 0 amide bonds. The van der Waals surface area contributed by atoms with Crippen molar-refractivity contribution in [3.05, 3.63) is 318 Å². The number of hydrogen-bond acceptors (Lipinski definition) is 2. The Labute approximate surface area is 515 Å². The molecule has 1 aromatic heterocycles. The topological polar surface area (TPSA) is 11.4 Å². The fourth-order valence-electron chi connectivity index (χ4n) is 15.9. The third-order valence-electron chi connectivity index (χ3n) is 20.1. The van der Waals surface area contributed by atoms with E-state index in [0.29, 0.717) is 0 Å². The number of anilines is 6. The molecule has 0 bridgehead atoms. The average molecular weight is 1130 g/mol. The highest BCUT2D eigenvalue weighted by Gasteiger charge is 2.43. The van der Waals surface area contributed by atoms with E-state index in [0.717, 1.165) is 56.3 Å². The van der Waals surface area contributed by atoms with Crippen LogP contribution in [0.15, 0.2) is 285 Å². The lowest BCUT2D eigenvalue weighted by molar-refractivity contribution is 0.660. The monoisotopic (exact) mass is 1130 g/mol. The van der Waals surface area contributed by atoms with Gasteiger partial charge in [0.15, 0.2) is 0 Å². The highest BCUT2D eigenvalue weighted by molar-refractivity contribution is 6.22. The zero-order valence-corrected chi connectivity index (χ0v) is 50.5. The summed E-state index contributed by atoms with van der Waals surface area (Å²) in [5.74, 6) is 0. The van der Waals surface area contributed by atoms with Gasteiger partial charge < -0.3 is 14.4 Å². The summed E-state index contributed by atoms with van der Waals surface area (Å²) in [6.45, 7) is 14.4. The summed E-state index contributed by atoms with van der Waals surface area (Å²) in [6, 6.07) is 107. The smallest absolute Gasteiger partial charge is 0.0609 e. The molecule has 0 spiro atoms. The quantitative estimate of drug-likeness (QED) is 0.143. The molecular weight excluding hydrogens is 1060 g/mol. The first-order valence-corrected chi connectivity index (χ1v) is 31.1. The van der Waals surface area contributed by atoms with Crippen molar-refractivity contribution < 1.29 is 0 Å². The molecule has 3 nitrogen and oxygen atoms in total. The van der Waals surface area contributed by atoms with E-state index in [1.807, 2.05) is 0 Å². The molecule has 3 aliphatic carbocycles. The highest BCUT2D eigenvalue weighted by Crippen LogP contribution is 2.61. The zero-order chi connectivity index (χ0) is 59.2. The SMILES string of the molecule is CC1(C)c2ccccc2-c2cc(N(c3cccc(-c4ccccc4)c3)c3ccc4c5c(N(c6ccccc6)c6ccc7c(c6)-c6ccccc6C7(C)C)c6c(cc5n(-c5cccc(-c7ccccc7)c5)c4c3)-c3c(ccc4ccccc34)C6(C)C)ccc21. The predicted octanol–water partition coefficient (Wildman–Crippen LogP) is 23.1. The molecule has 88 heavy (non-hydrogen) atoms. The summed E-state index contributed by atoms with van der Waals surface area (Å²) in [5.41, 5.74) is 29.8. The van der Waals surface area contributed by atoms with Crippen LogP contribution in [0.3, 0.4) is 0 Å². The van der Waals surface area contributed by atoms with E-state index in [4.69, 9.17) is 0 Å². The van der Waals surface area contributed by atoms with E-state index < -0.39 is 5.41 Å². The van der Waals surface area contributed by atoms with E-state index in [1.165, 1.54) is 105 Å². The lowest BCUT2D eigenvalue weighted by Gasteiger charge is -2.33. The number of benzene rings is 13. The summed E-state index contributed by atoms with van der Waals surface area (Å²) in [6.07, 6.45) is 0. The summed E-state index contributed by atoms with van der Waals surface area (Å²) < 4.78 is 2.59. The predicted molar refractivity (Wildman–Crippen MR) is 371 cm³/mol. The minimum Gasteiger partial charge on any atom is -0.310 e. The van der Waals surface area contributed by atoms with Crippen LogP contribution in [0.25, 0.3) is 93.9 Å². The van der Waals surface area contributed by atoms with E-state index >= 15 is 0 Å². The van der Waals surface area contributed by atoms with Gasteiger partial charge in [0.05, 0.1) is 16.7 Å². The molecule has 0 N–H and O–H groups in total. The molecule has 17 rings (SSSR count). The number of hydrogen-bond donors (Lipinski definition) is 0. The highest BCUT2D eigenvalue weighted by atomic mass is 15.2. The summed E-state index contributed by atoms with van der Waals surface area (Å²) >= 11 is 0. The lowest BCUT2D eigenvalue weighted by Crippen LogP contribution is -2.21. The maximum absolute atomic E-state index is 2.62. The second-order valence-electron chi connectivity index (χ2n) is 26.1.